The van der Waals surface area contributed by atoms with Crippen LogP contribution in [0.2, 0.25) is 0 Å². The van der Waals surface area contributed by atoms with Crippen LogP contribution in [0.1, 0.15) is 26.2 Å². The highest BCUT2D eigenvalue weighted by molar-refractivity contribution is 5.32. The van der Waals surface area contributed by atoms with Crippen molar-refractivity contribution in [1.29, 1.82) is 0 Å². The van der Waals surface area contributed by atoms with Gasteiger partial charge >= 0.3 is 0 Å². The summed E-state index contributed by atoms with van der Waals surface area (Å²) in [6.07, 6.45) is 3.88. The maximum atomic E-state index is 12.8. The minimum absolute atomic E-state index is 0.119. The van der Waals surface area contributed by atoms with Crippen LogP contribution in [0.3, 0.4) is 0 Å². The zero-order valence-electron chi connectivity index (χ0n) is 6.15. The average Bonchev–Trinajstić information content (AvgIpc) is 1.88. The van der Waals surface area contributed by atoms with Gasteiger partial charge in [-0.2, -0.15) is 0 Å². The molecule has 0 unspecified atom stereocenters. The summed E-state index contributed by atoms with van der Waals surface area (Å²) in [6.45, 7) is 1.92. The van der Waals surface area contributed by atoms with E-state index in [0.29, 0.717) is 12.0 Å². The van der Waals surface area contributed by atoms with Crippen molar-refractivity contribution in [2.75, 3.05) is 0 Å². The molecule has 1 rings (SSSR count). The molecule has 2 heteroatoms. The molecule has 1 aliphatic carbocycles. The zero-order chi connectivity index (χ0) is 7.56. The van der Waals surface area contributed by atoms with Gasteiger partial charge < -0.3 is 5.73 Å². The van der Waals surface area contributed by atoms with Gasteiger partial charge in [-0.05, 0) is 25.3 Å². The van der Waals surface area contributed by atoms with E-state index in [2.05, 4.69) is 0 Å². The minimum atomic E-state index is -0.119. The third-order valence-corrected chi connectivity index (χ3v) is 1.77. The second kappa shape index (κ2) is 2.86. The van der Waals surface area contributed by atoms with E-state index in [1.165, 1.54) is 0 Å². The monoisotopic (exact) mass is 141 g/mol. The maximum Gasteiger partial charge on any atom is 0.124 e. The van der Waals surface area contributed by atoms with Crippen LogP contribution in [0, 0.1) is 0 Å². The molecular weight excluding hydrogens is 129 g/mol. The Morgan fingerprint density at radius 3 is 2.80 bits per heavy atom. The quantitative estimate of drug-likeness (QED) is 0.595. The first kappa shape index (κ1) is 7.32. The van der Waals surface area contributed by atoms with E-state index in [1.807, 2.05) is 6.92 Å². The zero-order valence-corrected chi connectivity index (χ0v) is 6.15. The Morgan fingerprint density at radius 2 is 2.40 bits per heavy atom. The molecule has 0 aromatic rings. The molecule has 0 spiro atoms. The molecule has 0 aliphatic heterocycles. The first-order valence-electron chi connectivity index (χ1n) is 3.59. The Bertz CT molecular complexity index is 191. The van der Waals surface area contributed by atoms with Gasteiger partial charge in [-0.25, -0.2) is 4.39 Å². The van der Waals surface area contributed by atoms with E-state index in [0.717, 1.165) is 18.5 Å². The van der Waals surface area contributed by atoms with Crippen molar-refractivity contribution >= 4 is 0 Å². The van der Waals surface area contributed by atoms with Gasteiger partial charge in [-0.3, -0.25) is 0 Å². The molecule has 0 radical (unpaired) electrons. The van der Waals surface area contributed by atoms with Crippen molar-refractivity contribution in [3.63, 3.8) is 0 Å². The summed E-state index contributed by atoms with van der Waals surface area (Å²) in [5.74, 6) is -0.119. The van der Waals surface area contributed by atoms with Crippen molar-refractivity contribution < 1.29 is 4.39 Å². The van der Waals surface area contributed by atoms with E-state index in [9.17, 15) is 4.39 Å². The van der Waals surface area contributed by atoms with Crippen molar-refractivity contribution in [2.45, 2.75) is 26.2 Å². The summed E-state index contributed by atoms with van der Waals surface area (Å²) < 4.78 is 12.8. The van der Waals surface area contributed by atoms with E-state index < -0.39 is 0 Å². The third kappa shape index (κ3) is 1.20. The van der Waals surface area contributed by atoms with Crippen molar-refractivity contribution in [3.05, 3.63) is 23.2 Å². The van der Waals surface area contributed by atoms with E-state index >= 15 is 0 Å². The van der Waals surface area contributed by atoms with Crippen LogP contribution in [0.4, 0.5) is 4.39 Å². The molecule has 1 nitrogen and oxygen atoms in total. The van der Waals surface area contributed by atoms with Gasteiger partial charge in [-0.1, -0.05) is 6.92 Å². The fraction of sp³-hybridized carbons (Fsp3) is 0.500. The number of hydrogen-bond acceptors (Lipinski definition) is 1. The molecule has 0 bridgehead atoms. The number of rotatable bonds is 1. The maximum absolute atomic E-state index is 12.8. The number of allylic oxidation sites excluding steroid dienone is 4. The molecule has 2 N–H and O–H groups in total. The highest BCUT2D eigenvalue weighted by Gasteiger charge is 2.10. The van der Waals surface area contributed by atoms with Crippen LogP contribution in [-0.4, -0.2) is 0 Å². The van der Waals surface area contributed by atoms with Crippen molar-refractivity contribution in [1.82, 2.24) is 0 Å². The Morgan fingerprint density at radius 1 is 1.70 bits per heavy atom. The molecule has 0 atom stereocenters. The van der Waals surface area contributed by atoms with Gasteiger partial charge in [0.25, 0.3) is 0 Å². The van der Waals surface area contributed by atoms with E-state index in [-0.39, 0.29) is 5.83 Å². The second-order valence-corrected chi connectivity index (χ2v) is 2.45. The summed E-state index contributed by atoms with van der Waals surface area (Å²) in [5, 5.41) is 0. The summed E-state index contributed by atoms with van der Waals surface area (Å²) in [5.41, 5.74) is 7.00. The van der Waals surface area contributed by atoms with Gasteiger partial charge in [-0.15, -0.1) is 0 Å². The smallest absolute Gasteiger partial charge is 0.124 e. The molecule has 0 amide bonds. The lowest BCUT2D eigenvalue weighted by Gasteiger charge is -2.11. The Labute approximate surface area is 60.4 Å². The predicted molar refractivity (Wildman–Crippen MR) is 39.9 cm³/mol. The molecular formula is C8H12FN. The van der Waals surface area contributed by atoms with E-state index in [1.54, 1.807) is 6.08 Å². The van der Waals surface area contributed by atoms with Gasteiger partial charge in [0.15, 0.2) is 0 Å². The molecule has 0 aromatic heterocycles. The normalized spacial score (nSPS) is 19.2. The second-order valence-electron chi connectivity index (χ2n) is 2.45. The molecule has 0 heterocycles. The Hall–Kier alpha value is -0.790. The average molecular weight is 141 g/mol. The highest BCUT2D eigenvalue weighted by atomic mass is 19.1. The standard InChI is InChI=1S/C8H12FN/c1-2-6-7(9)4-3-5-8(6)10/h4H,2-3,5,10H2,1H3. The lowest BCUT2D eigenvalue weighted by Crippen LogP contribution is -2.06. The fourth-order valence-corrected chi connectivity index (χ4v) is 1.18. The largest absolute Gasteiger partial charge is 0.402 e. The lowest BCUT2D eigenvalue weighted by atomic mass is 10.0. The summed E-state index contributed by atoms with van der Waals surface area (Å²) >= 11 is 0. The van der Waals surface area contributed by atoms with Crippen LogP contribution in [0.15, 0.2) is 23.2 Å². The highest BCUT2D eigenvalue weighted by Crippen LogP contribution is 2.25. The number of hydrogen-bond donors (Lipinski definition) is 1. The van der Waals surface area contributed by atoms with Crippen LogP contribution >= 0.6 is 0 Å². The van der Waals surface area contributed by atoms with Gasteiger partial charge in [0, 0.05) is 11.3 Å². The van der Waals surface area contributed by atoms with Crippen LogP contribution in [-0.2, 0) is 0 Å². The predicted octanol–water partition coefficient (Wildman–Crippen LogP) is 2.26. The third-order valence-electron chi connectivity index (χ3n) is 1.77. The number of nitrogens with two attached hydrogens (primary N) is 1. The van der Waals surface area contributed by atoms with Crippen LogP contribution in [0.5, 0.6) is 0 Å². The van der Waals surface area contributed by atoms with Gasteiger partial charge in [0.05, 0.1) is 0 Å². The first-order chi connectivity index (χ1) is 4.75. The summed E-state index contributed by atoms with van der Waals surface area (Å²) in [7, 11) is 0. The van der Waals surface area contributed by atoms with Crippen molar-refractivity contribution in [3.8, 4) is 0 Å². The van der Waals surface area contributed by atoms with Crippen molar-refractivity contribution in [2.24, 2.45) is 5.73 Å². The molecule has 0 saturated carbocycles. The topological polar surface area (TPSA) is 26.0 Å². The summed E-state index contributed by atoms with van der Waals surface area (Å²) in [4.78, 5) is 0. The molecule has 0 aromatic carbocycles. The van der Waals surface area contributed by atoms with Crippen LogP contribution in [0.25, 0.3) is 0 Å². The Kier molecular flexibility index (Phi) is 2.10. The number of halogens is 1. The van der Waals surface area contributed by atoms with E-state index in [4.69, 9.17) is 5.73 Å². The molecule has 56 valence electrons. The molecule has 1 aliphatic rings. The Balaban J connectivity index is 2.87. The first-order valence-corrected chi connectivity index (χ1v) is 3.59. The lowest BCUT2D eigenvalue weighted by molar-refractivity contribution is 0.617. The van der Waals surface area contributed by atoms with Crippen LogP contribution < -0.4 is 5.73 Å². The minimum Gasteiger partial charge on any atom is -0.402 e. The SMILES string of the molecule is CCC1=C(N)CCC=C1F. The fourth-order valence-electron chi connectivity index (χ4n) is 1.18. The summed E-state index contributed by atoms with van der Waals surface area (Å²) in [6, 6.07) is 0. The van der Waals surface area contributed by atoms with Gasteiger partial charge in [0.2, 0.25) is 0 Å². The molecule has 0 fully saturated rings. The van der Waals surface area contributed by atoms with Gasteiger partial charge in [0.1, 0.15) is 5.83 Å². The molecule has 10 heavy (non-hydrogen) atoms. The molecule has 0 saturated heterocycles.